The van der Waals surface area contributed by atoms with E-state index in [0.717, 1.165) is 5.56 Å². The molecule has 0 atom stereocenters. The zero-order valence-corrected chi connectivity index (χ0v) is 15.2. The fraction of sp³-hybridized carbons (Fsp3) is 0.211. The molecule has 5 nitrogen and oxygen atoms in total. The summed E-state index contributed by atoms with van der Waals surface area (Å²) in [5.41, 5.74) is 1.23. The molecule has 0 aromatic heterocycles. The lowest BCUT2D eigenvalue weighted by Gasteiger charge is -2.20. The van der Waals surface area contributed by atoms with Crippen LogP contribution in [0, 0.1) is 0 Å². The van der Waals surface area contributed by atoms with E-state index >= 15 is 0 Å². The van der Waals surface area contributed by atoms with E-state index < -0.39 is 5.76 Å². The molecule has 2 aromatic rings. The van der Waals surface area contributed by atoms with Crippen LogP contribution in [0.3, 0.4) is 0 Å². The van der Waals surface area contributed by atoms with Crippen LogP contribution in [-0.4, -0.2) is 32.0 Å². The fourth-order valence-corrected chi connectivity index (χ4v) is 2.96. The van der Waals surface area contributed by atoms with Gasteiger partial charge in [0.05, 0.1) is 7.11 Å². The third kappa shape index (κ3) is 5.13. The minimum absolute atomic E-state index is 0.349. The van der Waals surface area contributed by atoms with Crippen LogP contribution >= 0.6 is 11.8 Å². The number of hydrogen-bond acceptors (Lipinski definition) is 5. The molecule has 0 aliphatic carbocycles. The number of alkyl halides is 2. The Balaban J connectivity index is 1.66. The van der Waals surface area contributed by atoms with E-state index in [1.165, 1.54) is 25.3 Å². The highest BCUT2D eigenvalue weighted by molar-refractivity contribution is 7.99. The van der Waals surface area contributed by atoms with Gasteiger partial charge in [-0.25, -0.2) is 0 Å². The van der Waals surface area contributed by atoms with Gasteiger partial charge in [0.1, 0.15) is 13.2 Å². The Kier molecular flexibility index (Phi) is 6.18. The maximum Gasteiger partial charge on any atom is 0.288 e. The van der Waals surface area contributed by atoms with E-state index in [-0.39, 0.29) is 5.91 Å². The summed E-state index contributed by atoms with van der Waals surface area (Å²) in [5, 5.41) is 2.67. The zero-order chi connectivity index (χ0) is 19.2. The van der Waals surface area contributed by atoms with Crippen LogP contribution in [0.2, 0.25) is 0 Å². The van der Waals surface area contributed by atoms with Gasteiger partial charge in [-0.3, -0.25) is 4.79 Å². The number of nitrogens with one attached hydrogen (secondary N) is 1. The highest BCUT2D eigenvalue weighted by atomic mass is 32.2. The quantitative estimate of drug-likeness (QED) is 0.581. The molecule has 2 aromatic carbocycles. The second kappa shape index (κ2) is 8.77. The standard InChI is InChI=1S/C19H17F2NO4S/c1-24-15-10-12(11-16-18(15)26-9-8-25-16)2-7-17(23)22-13-3-5-14(6-4-13)27-19(20)21/h2-7,10-11,19H,8-9H2,1H3,(H,22,23)/b7-2+. The lowest BCUT2D eigenvalue weighted by atomic mass is 10.1. The Morgan fingerprint density at radius 3 is 2.67 bits per heavy atom. The number of benzene rings is 2. The van der Waals surface area contributed by atoms with E-state index in [0.29, 0.717) is 52.8 Å². The molecule has 3 rings (SSSR count). The van der Waals surface area contributed by atoms with Gasteiger partial charge >= 0.3 is 0 Å². The van der Waals surface area contributed by atoms with Crippen molar-refractivity contribution >= 4 is 29.4 Å². The molecule has 1 amide bonds. The van der Waals surface area contributed by atoms with Crippen molar-refractivity contribution in [3.63, 3.8) is 0 Å². The second-order valence-electron chi connectivity index (χ2n) is 5.47. The number of ether oxygens (including phenoxy) is 3. The van der Waals surface area contributed by atoms with Crippen molar-refractivity contribution in [2.24, 2.45) is 0 Å². The van der Waals surface area contributed by atoms with Gasteiger partial charge in [0.25, 0.3) is 5.76 Å². The Labute approximate surface area is 159 Å². The van der Waals surface area contributed by atoms with Crippen LogP contribution in [0.4, 0.5) is 14.5 Å². The SMILES string of the molecule is COc1cc(/C=C/C(=O)Nc2ccc(SC(F)F)cc2)cc2c1OCCO2. The molecule has 0 saturated heterocycles. The Morgan fingerprint density at radius 2 is 1.96 bits per heavy atom. The van der Waals surface area contributed by atoms with Gasteiger partial charge < -0.3 is 19.5 Å². The maximum absolute atomic E-state index is 12.3. The Hall–Kier alpha value is -2.74. The molecule has 0 bridgehead atoms. The third-order valence-corrected chi connectivity index (χ3v) is 4.35. The first-order chi connectivity index (χ1) is 13.0. The number of anilines is 1. The van der Waals surface area contributed by atoms with Crippen LogP contribution in [0.15, 0.2) is 47.4 Å². The van der Waals surface area contributed by atoms with Crippen molar-refractivity contribution in [3.8, 4) is 17.2 Å². The highest BCUT2D eigenvalue weighted by Gasteiger charge is 2.17. The second-order valence-corrected chi connectivity index (χ2v) is 6.54. The molecule has 0 saturated carbocycles. The average Bonchev–Trinajstić information content (AvgIpc) is 2.67. The van der Waals surface area contributed by atoms with Gasteiger partial charge in [-0.2, -0.15) is 8.78 Å². The first-order valence-electron chi connectivity index (χ1n) is 8.07. The largest absolute Gasteiger partial charge is 0.493 e. The monoisotopic (exact) mass is 393 g/mol. The molecule has 27 heavy (non-hydrogen) atoms. The fourth-order valence-electron chi connectivity index (χ4n) is 2.47. The van der Waals surface area contributed by atoms with Crippen molar-refractivity contribution in [3.05, 3.63) is 48.0 Å². The van der Waals surface area contributed by atoms with Gasteiger partial charge in [0.2, 0.25) is 11.7 Å². The number of hydrogen-bond donors (Lipinski definition) is 1. The van der Waals surface area contributed by atoms with E-state index in [1.807, 2.05) is 0 Å². The molecule has 1 heterocycles. The normalized spacial score (nSPS) is 13.0. The number of halogens is 2. The first-order valence-corrected chi connectivity index (χ1v) is 8.94. The summed E-state index contributed by atoms with van der Waals surface area (Å²) in [6.45, 7) is 0.902. The molecule has 0 spiro atoms. The van der Waals surface area contributed by atoms with E-state index in [2.05, 4.69) is 5.32 Å². The molecule has 0 fully saturated rings. The summed E-state index contributed by atoms with van der Waals surface area (Å²) in [6, 6.07) is 9.71. The van der Waals surface area contributed by atoms with Gasteiger partial charge in [0.15, 0.2) is 11.5 Å². The first kappa shape index (κ1) is 19.0. The smallest absolute Gasteiger partial charge is 0.288 e. The van der Waals surface area contributed by atoms with Gasteiger partial charge in [-0.1, -0.05) is 11.8 Å². The third-order valence-electron chi connectivity index (χ3n) is 3.62. The molecule has 8 heteroatoms. The Bertz CT molecular complexity index is 823. The predicted octanol–water partition coefficient (Wildman–Crippen LogP) is 4.43. The predicted molar refractivity (Wildman–Crippen MR) is 100.0 cm³/mol. The number of carbonyl (C=O) groups excluding carboxylic acids is 1. The van der Waals surface area contributed by atoms with Crippen LogP contribution in [0.25, 0.3) is 6.08 Å². The van der Waals surface area contributed by atoms with E-state index in [9.17, 15) is 13.6 Å². The Morgan fingerprint density at radius 1 is 1.22 bits per heavy atom. The number of carbonyl (C=O) groups is 1. The zero-order valence-electron chi connectivity index (χ0n) is 14.4. The molecule has 142 valence electrons. The van der Waals surface area contributed by atoms with Crippen LogP contribution in [0.1, 0.15) is 5.56 Å². The number of methoxy groups -OCH3 is 1. The van der Waals surface area contributed by atoms with Crippen molar-refractivity contribution in [1.29, 1.82) is 0 Å². The maximum atomic E-state index is 12.3. The van der Waals surface area contributed by atoms with E-state index in [4.69, 9.17) is 14.2 Å². The molecular weight excluding hydrogens is 376 g/mol. The molecule has 0 radical (unpaired) electrons. The summed E-state index contributed by atoms with van der Waals surface area (Å²) >= 11 is 0.454. The number of thioether (sulfide) groups is 1. The number of amides is 1. The van der Waals surface area contributed by atoms with Crippen molar-refractivity contribution in [1.82, 2.24) is 0 Å². The van der Waals surface area contributed by atoms with Gasteiger partial charge in [-0.05, 0) is 48.0 Å². The van der Waals surface area contributed by atoms with Crippen molar-refractivity contribution in [2.75, 3.05) is 25.6 Å². The van der Waals surface area contributed by atoms with Crippen LogP contribution in [0.5, 0.6) is 17.2 Å². The minimum Gasteiger partial charge on any atom is -0.493 e. The number of rotatable bonds is 6. The van der Waals surface area contributed by atoms with Crippen molar-refractivity contribution in [2.45, 2.75) is 10.7 Å². The molecular formula is C19H17F2NO4S. The van der Waals surface area contributed by atoms with Gasteiger partial charge in [0, 0.05) is 16.7 Å². The number of fused-ring (bicyclic) bond motifs is 1. The summed E-state index contributed by atoms with van der Waals surface area (Å²) < 4.78 is 41.0. The summed E-state index contributed by atoms with van der Waals surface area (Å²) in [6.07, 6.45) is 2.99. The summed E-state index contributed by atoms with van der Waals surface area (Å²) in [5.74, 6) is -1.19. The van der Waals surface area contributed by atoms with Crippen molar-refractivity contribution < 1.29 is 27.8 Å². The minimum atomic E-state index is -2.48. The average molecular weight is 393 g/mol. The molecule has 1 aliphatic heterocycles. The topological polar surface area (TPSA) is 56.8 Å². The molecule has 0 unspecified atom stereocenters. The summed E-state index contributed by atoms with van der Waals surface area (Å²) in [7, 11) is 1.53. The molecule has 1 N–H and O–H groups in total. The lowest BCUT2D eigenvalue weighted by molar-refractivity contribution is -0.111. The lowest BCUT2D eigenvalue weighted by Crippen LogP contribution is -2.16. The van der Waals surface area contributed by atoms with Crippen LogP contribution < -0.4 is 19.5 Å². The highest BCUT2D eigenvalue weighted by Crippen LogP contribution is 2.40. The van der Waals surface area contributed by atoms with Gasteiger partial charge in [-0.15, -0.1) is 0 Å². The summed E-state index contributed by atoms with van der Waals surface area (Å²) in [4.78, 5) is 12.5. The molecule has 1 aliphatic rings. The van der Waals surface area contributed by atoms with E-state index in [1.54, 1.807) is 30.3 Å². The van der Waals surface area contributed by atoms with Crippen LogP contribution in [-0.2, 0) is 4.79 Å².